The van der Waals surface area contributed by atoms with Crippen molar-refractivity contribution < 1.29 is 14.4 Å². The Morgan fingerprint density at radius 3 is 2.46 bits per heavy atom. The summed E-state index contributed by atoms with van der Waals surface area (Å²) < 4.78 is 0. The quantitative estimate of drug-likeness (QED) is 0.614. The normalized spacial score (nSPS) is 25.3. The largest absolute Gasteiger partial charge is 0.352 e. The average molecular weight is 375 g/mol. The van der Waals surface area contributed by atoms with Gasteiger partial charge in [0.15, 0.2) is 0 Å². The summed E-state index contributed by atoms with van der Waals surface area (Å²) in [5, 5.41) is 3.15. The van der Waals surface area contributed by atoms with Gasteiger partial charge in [0.2, 0.25) is 5.91 Å². The van der Waals surface area contributed by atoms with Crippen molar-refractivity contribution in [2.45, 2.75) is 39.2 Å². The van der Waals surface area contributed by atoms with E-state index in [2.05, 4.69) is 19.2 Å². The lowest BCUT2D eigenvalue weighted by atomic mass is 9.78. The molecule has 0 bridgehead atoms. The monoisotopic (exact) mass is 374 g/mol. The van der Waals surface area contributed by atoms with E-state index >= 15 is 0 Å². The number of nitrogens with zero attached hydrogens (tertiary/aromatic N) is 1. The van der Waals surface area contributed by atoms with Crippen LogP contribution in [-0.2, 0) is 4.79 Å². The SMILES string of the molecule is C[C@H]1[C@H](C)CCC[C@@H]1NC(=O)CSCCN1C(=O)c2ccccc2C1=O. The molecule has 1 saturated carbocycles. The Balaban J connectivity index is 1.41. The van der Waals surface area contributed by atoms with Crippen molar-refractivity contribution in [3.63, 3.8) is 0 Å². The number of benzene rings is 1. The minimum absolute atomic E-state index is 0.0447. The highest BCUT2D eigenvalue weighted by atomic mass is 32.2. The maximum Gasteiger partial charge on any atom is 0.261 e. The van der Waals surface area contributed by atoms with Crippen LogP contribution in [0.15, 0.2) is 24.3 Å². The predicted octanol–water partition coefficient (Wildman–Crippen LogP) is 2.96. The third kappa shape index (κ3) is 3.95. The summed E-state index contributed by atoms with van der Waals surface area (Å²) in [5.41, 5.74) is 0.946. The van der Waals surface area contributed by atoms with Gasteiger partial charge in [0.05, 0.1) is 16.9 Å². The molecular formula is C20H26N2O3S. The van der Waals surface area contributed by atoms with Gasteiger partial charge in [0, 0.05) is 18.3 Å². The highest BCUT2D eigenvalue weighted by Gasteiger charge is 2.34. The Morgan fingerprint density at radius 2 is 1.81 bits per heavy atom. The number of nitrogens with one attached hydrogen (secondary N) is 1. The number of rotatable bonds is 6. The lowest BCUT2D eigenvalue weighted by molar-refractivity contribution is -0.120. The highest BCUT2D eigenvalue weighted by Crippen LogP contribution is 2.29. The molecule has 1 aliphatic heterocycles. The number of amides is 3. The fourth-order valence-electron chi connectivity index (χ4n) is 3.80. The number of imide groups is 1. The van der Waals surface area contributed by atoms with E-state index < -0.39 is 0 Å². The van der Waals surface area contributed by atoms with Gasteiger partial charge in [-0.1, -0.05) is 38.8 Å². The Kier molecular flexibility index (Phi) is 6.01. The summed E-state index contributed by atoms with van der Waals surface area (Å²) in [4.78, 5) is 38.0. The van der Waals surface area contributed by atoms with Crippen LogP contribution in [0.4, 0.5) is 0 Å². The topological polar surface area (TPSA) is 66.5 Å². The van der Waals surface area contributed by atoms with Crippen molar-refractivity contribution >= 4 is 29.5 Å². The first-order valence-corrected chi connectivity index (χ1v) is 10.5. The molecule has 1 heterocycles. The van der Waals surface area contributed by atoms with E-state index in [4.69, 9.17) is 0 Å². The third-order valence-electron chi connectivity index (χ3n) is 5.62. The molecule has 0 spiro atoms. The van der Waals surface area contributed by atoms with Gasteiger partial charge < -0.3 is 5.32 Å². The molecule has 1 aliphatic carbocycles. The molecule has 0 saturated heterocycles. The second kappa shape index (κ2) is 8.25. The number of fused-ring (bicyclic) bond motifs is 1. The van der Waals surface area contributed by atoms with E-state index in [-0.39, 0.29) is 23.8 Å². The fraction of sp³-hybridized carbons (Fsp3) is 0.550. The molecule has 2 aliphatic rings. The first-order valence-electron chi connectivity index (χ1n) is 9.31. The van der Waals surface area contributed by atoms with Crippen molar-refractivity contribution in [1.82, 2.24) is 10.2 Å². The first kappa shape index (κ1) is 19.0. The van der Waals surface area contributed by atoms with Crippen molar-refractivity contribution in [2.24, 2.45) is 11.8 Å². The van der Waals surface area contributed by atoms with E-state index in [1.165, 1.54) is 29.5 Å². The van der Waals surface area contributed by atoms with Gasteiger partial charge in [0.25, 0.3) is 11.8 Å². The van der Waals surface area contributed by atoms with Crippen LogP contribution in [0.3, 0.4) is 0 Å². The average Bonchev–Trinajstić information content (AvgIpc) is 2.87. The number of carbonyl (C=O) groups is 3. The first-order chi connectivity index (χ1) is 12.5. The molecule has 0 aromatic heterocycles. The molecule has 0 radical (unpaired) electrons. The Morgan fingerprint density at radius 1 is 1.15 bits per heavy atom. The van der Waals surface area contributed by atoms with Gasteiger partial charge in [-0.3, -0.25) is 19.3 Å². The fourth-order valence-corrected chi connectivity index (χ4v) is 4.52. The molecule has 3 rings (SSSR count). The molecule has 3 amide bonds. The molecule has 1 aromatic rings. The van der Waals surface area contributed by atoms with Crippen molar-refractivity contribution in [3.05, 3.63) is 35.4 Å². The Hall–Kier alpha value is -1.82. The van der Waals surface area contributed by atoms with Gasteiger partial charge in [-0.2, -0.15) is 11.8 Å². The summed E-state index contributed by atoms with van der Waals surface area (Å²) in [6, 6.07) is 7.16. The summed E-state index contributed by atoms with van der Waals surface area (Å²) in [5.74, 6) is 1.66. The number of carbonyl (C=O) groups excluding carboxylic acids is 3. The van der Waals surface area contributed by atoms with Crippen LogP contribution >= 0.6 is 11.8 Å². The van der Waals surface area contributed by atoms with Crippen molar-refractivity contribution in [1.29, 1.82) is 0 Å². The number of thioether (sulfide) groups is 1. The lowest BCUT2D eigenvalue weighted by Gasteiger charge is -2.34. The van der Waals surface area contributed by atoms with Crippen LogP contribution in [0, 0.1) is 11.8 Å². The van der Waals surface area contributed by atoms with Gasteiger partial charge in [0.1, 0.15) is 0 Å². The highest BCUT2D eigenvalue weighted by molar-refractivity contribution is 7.99. The van der Waals surface area contributed by atoms with Gasteiger partial charge in [-0.05, 0) is 30.4 Å². The van der Waals surface area contributed by atoms with Crippen molar-refractivity contribution in [3.8, 4) is 0 Å². The zero-order chi connectivity index (χ0) is 18.7. The lowest BCUT2D eigenvalue weighted by Crippen LogP contribution is -2.44. The maximum atomic E-state index is 12.3. The molecule has 6 heteroatoms. The number of hydrogen-bond donors (Lipinski definition) is 1. The predicted molar refractivity (Wildman–Crippen MR) is 103 cm³/mol. The third-order valence-corrected chi connectivity index (χ3v) is 6.56. The van der Waals surface area contributed by atoms with Crippen LogP contribution in [0.2, 0.25) is 0 Å². The summed E-state index contributed by atoms with van der Waals surface area (Å²) in [6.07, 6.45) is 3.46. The molecule has 140 valence electrons. The summed E-state index contributed by atoms with van der Waals surface area (Å²) in [7, 11) is 0. The summed E-state index contributed by atoms with van der Waals surface area (Å²) >= 11 is 1.46. The molecule has 0 unspecified atom stereocenters. The zero-order valence-electron chi connectivity index (χ0n) is 15.4. The number of hydrogen-bond acceptors (Lipinski definition) is 4. The molecular weight excluding hydrogens is 348 g/mol. The standard InChI is InChI=1S/C20H26N2O3S/c1-13-6-5-9-17(14(13)2)21-18(23)12-26-11-10-22-19(24)15-7-3-4-8-16(15)20(22)25/h3-4,7-8,13-14,17H,5-6,9-12H2,1-2H3,(H,21,23)/t13-,14+,17+/m1/s1. The van der Waals surface area contributed by atoms with Crippen LogP contribution in [-0.4, -0.2) is 46.7 Å². The Labute approximate surface area is 158 Å². The Bertz CT molecular complexity index is 671. The molecule has 26 heavy (non-hydrogen) atoms. The van der Waals surface area contributed by atoms with E-state index in [1.54, 1.807) is 24.3 Å². The van der Waals surface area contributed by atoms with E-state index in [1.807, 2.05) is 0 Å². The van der Waals surface area contributed by atoms with Gasteiger partial charge in [-0.25, -0.2) is 0 Å². The van der Waals surface area contributed by atoms with E-state index in [0.717, 1.165) is 6.42 Å². The van der Waals surface area contributed by atoms with Crippen LogP contribution in [0.25, 0.3) is 0 Å². The van der Waals surface area contributed by atoms with Gasteiger partial charge >= 0.3 is 0 Å². The smallest absolute Gasteiger partial charge is 0.261 e. The molecule has 1 fully saturated rings. The minimum Gasteiger partial charge on any atom is -0.352 e. The van der Waals surface area contributed by atoms with E-state index in [9.17, 15) is 14.4 Å². The van der Waals surface area contributed by atoms with Crippen molar-refractivity contribution in [2.75, 3.05) is 18.1 Å². The minimum atomic E-state index is -0.235. The van der Waals surface area contributed by atoms with Gasteiger partial charge in [-0.15, -0.1) is 0 Å². The van der Waals surface area contributed by atoms with Crippen LogP contribution < -0.4 is 5.32 Å². The zero-order valence-corrected chi connectivity index (χ0v) is 16.2. The van der Waals surface area contributed by atoms with Crippen LogP contribution in [0.5, 0.6) is 0 Å². The maximum absolute atomic E-state index is 12.3. The summed E-state index contributed by atoms with van der Waals surface area (Å²) in [6.45, 7) is 4.80. The molecule has 1 N–H and O–H groups in total. The molecule has 1 aromatic carbocycles. The molecule has 5 nitrogen and oxygen atoms in total. The van der Waals surface area contributed by atoms with Crippen LogP contribution in [0.1, 0.15) is 53.8 Å². The molecule has 3 atom stereocenters. The second-order valence-corrected chi connectivity index (χ2v) is 8.41. The van der Waals surface area contributed by atoms with E-state index in [0.29, 0.717) is 41.0 Å². The second-order valence-electron chi connectivity index (χ2n) is 7.30.